The molecule has 0 radical (unpaired) electrons. The summed E-state index contributed by atoms with van der Waals surface area (Å²) in [6.45, 7) is 5.14. The van der Waals surface area contributed by atoms with Gasteiger partial charge in [0.05, 0.1) is 24.4 Å². The summed E-state index contributed by atoms with van der Waals surface area (Å²) < 4.78 is 0. The van der Waals surface area contributed by atoms with Gasteiger partial charge in [-0.3, -0.25) is 4.79 Å². The maximum Gasteiger partial charge on any atom is 0.232 e. The second-order valence-corrected chi connectivity index (χ2v) is 6.69. The van der Waals surface area contributed by atoms with E-state index in [4.69, 9.17) is 0 Å². The summed E-state index contributed by atoms with van der Waals surface area (Å²) >= 11 is 1.64. The molecule has 0 aromatic heterocycles. The molecule has 1 aliphatic rings. The fraction of sp³-hybridized carbons (Fsp3) is 0.562. The van der Waals surface area contributed by atoms with E-state index in [-0.39, 0.29) is 5.91 Å². The van der Waals surface area contributed by atoms with Gasteiger partial charge in [-0.05, 0) is 18.9 Å². The molecule has 1 saturated heterocycles. The Morgan fingerprint density at radius 1 is 1.35 bits per heavy atom. The zero-order chi connectivity index (χ0) is 14.6. The third-order valence-electron chi connectivity index (χ3n) is 3.65. The van der Waals surface area contributed by atoms with E-state index in [1.165, 1.54) is 11.1 Å². The van der Waals surface area contributed by atoms with Crippen molar-refractivity contribution in [1.29, 1.82) is 0 Å². The topological polar surface area (TPSA) is 40.5 Å². The van der Waals surface area contributed by atoms with Crippen LogP contribution in [0.15, 0.2) is 24.3 Å². The molecule has 1 fully saturated rings. The molecule has 0 bridgehead atoms. The molecule has 1 heterocycles. The van der Waals surface area contributed by atoms with E-state index in [1.807, 2.05) is 0 Å². The van der Waals surface area contributed by atoms with E-state index in [2.05, 4.69) is 38.1 Å². The number of benzene rings is 1. The highest BCUT2D eigenvalue weighted by molar-refractivity contribution is 7.99. The van der Waals surface area contributed by atoms with Crippen molar-refractivity contribution in [1.82, 2.24) is 4.90 Å². The Balaban J connectivity index is 1.68. The van der Waals surface area contributed by atoms with Gasteiger partial charge in [0.15, 0.2) is 0 Å². The first-order chi connectivity index (χ1) is 9.52. The average molecular weight is 293 g/mol. The molecular formula is C16H23NO2S. The third kappa shape index (κ3) is 4.00. The van der Waals surface area contributed by atoms with Crippen LogP contribution >= 0.6 is 11.8 Å². The van der Waals surface area contributed by atoms with Gasteiger partial charge in [0.1, 0.15) is 0 Å². The number of hydrogen-bond acceptors (Lipinski definition) is 3. The van der Waals surface area contributed by atoms with E-state index in [9.17, 15) is 9.90 Å². The molecule has 0 saturated carbocycles. The number of hydrogen-bond donors (Lipinski definition) is 1. The molecule has 1 amide bonds. The molecule has 0 unspecified atom stereocenters. The molecule has 110 valence electrons. The van der Waals surface area contributed by atoms with Crippen molar-refractivity contribution < 1.29 is 9.90 Å². The molecule has 20 heavy (non-hydrogen) atoms. The second kappa shape index (κ2) is 6.64. The molecule has 1 N–H and O–H groups in total. The number of aliphatic hydroxyl groups is 1. The molecule has 4 heteroatoms. The van der Waals surface area contributed by atoms with Crippen molar-refractivity contribution in [3.05, 3.63) is 35.4 Å². The quantitative estimate of drug-likeness (QED) is 0.876. The van der Waals surface area contributed by atoms with Crippen LogP contribution in [-0.2, 0) is 10.5 Å². The zero-order valence-electron chi connectivity index (χ0n) is 12.3. The Morgan fingerprint density at radius 3 is 2.60 bits per heavy atom. The lowest BCUT2D eigenvalue weighted by molar-refractivity contribution is -0.153. The highest BCUT2D eigenvalue weighted by Crippen LogP contribution is 2.26. The number of β-amino-alcohol motifs (C(OH)–C–C–N with tert-alkyl or cyclic N) is 1. The predicted octanol–water partition coefficient (Wildman–Crippen LogP) is 2.60. The van der Waals surface area contributed by atoms with Crippen LogP contribution < -0.4 is 0 Å². The van der Waals surface area contributed by atoms with Crippen LogP contribution in [0.5, 0.6) is 0 Å². The van der Waals surface area contributed by atoms with Gasteiger partial charge < -0.3 is 10.0 Å². The molecule has 0 aliphatic carbocycles. The normalized spacial score (nSPS) is 16.9. The second-order valence-electron chi connectivity index (χ2n) is 5.70. The minimum Gasteiger partial charge on any atom is -0.386 e. The number of thioether (sulfide) groups is 1. The van der Waals surface area contributed by atoms with Gasteiger partial charge in [0.25, 0.3) is 0 Å². The van der Waals surface area contributed by atoms with Crippen molar-refractivity contribution in [3.63, 3.8) is 0 Å². The number of nitrogens with zero attached hydrogens (tertiary/aromatic N) is 1. The Bertz CT molecular complexity index is 452. The molecular weight excluding hydrogens is 270 g/mol. The molecule has 3 nitrogen and oxygen atoms in total. The summed E-state index contributed by atoms with van der Waals surface area (Å²) in [6, 6.07) is 8.41. The first-order valence-corrected chi connectivity index (χ1v) is 8.31. The lowest BCUT2D eigenvalue weighted by Gasteiger charge is -2.46. The molecule has 0 atom stereocenters. The predicted molar refractivity (Wildman–Crippen MR) is 83.8 cm³/mol. The maximum atomic E-state index is 12.0. The van der Waals surface area contributed by atoms with Crippen LogP contribution in [0, 0.1) is 6.92 Å². The fourth-order valence-electron chi connectivity index (χ4n) is 2.50. The van der Waals surface area contributed by atoms with Crippen LogP contribution in [0.25, 0.3) is 0 Å². The summed E-state index contributed by atoms with van der Waals surface area (Å²) in [5.41, 5.74) is 1.89. The number of likely N-dealkylation sites (tertiary alicyclic amines) is 1. The van der Waals surface area contributed by atoms with Crippen LogP contribution in [0.4, 0.5) is 0 Å². The van der Waals surface area contributed by atoms with Crippen molar-refractivity contribution in [2.24, 2.45) is 0 Å². The Kier molecular flexibility index (Phi) is 5.11. The van der Waals surface area contributed by atoms with E-state index in [1.54, 1.807) is 16.7 Å². The van der Waals surface area contributed by atoms with Gasteiger partial charge in [-0.15, -0.1) is 11.8 Å². The van der Waals surface area contributed by atoms with Crippen molar-refractivity contribution >= 4 is 17.7 Å². The summed E-state index contributed by atoms with van der Waals surface area (Å²) in [7, 11) is 0. The minimum absolute atomic E-state index is 0.142. The molecule has 1 aromatic carbocycles. The van der Waals surface area contributed by atoms with Gasteiger partial charge >= 0.3 is 0 Å². The Morgan fingerprint density at radius 2 is 2.00 bits per heavy atom. The number of carbonyl (C=O) groups excluding carboxylic acids is 1. The lowest BCUT2D eigenvalue weighted by atomic mass is 9.89. The smallest absolute Gasteiger partial charge is 0.232 e. The maximum absolute atomic E-state index is 12.0. The van der Waals surface area contributed by atoms with Crippen molar-refractivity contribution in [2.75, 3.05) is 18.8 Å². The summed E-state index contributed by atoms with van der Waals surface area (Å²) in [4.78, 5) is 13.7. The molecule has 2 rings (SSSR count). The van der Waals surface area contributed by atoms with Gasteiger partial charge in [-0.2, -0.15) is 0 Å². The first kappa shape index (κ1) is 15.4. The number of aryl methyl sites for hydroxylation is 1. The lowest BCUT2D eigenvalue weighted by Crippen LogP contribution is -2.63. The van der Waals surface area contributed by atoms with Crippen LogP contribution in [0.1, 0.15) is 30.9 Å². The van der Waals surface area contributed by atoms with Crippen LogP contribution in [0.2, 0.25) is 0 Å². The van der Waals surface area contributed by atoms with Gasteiger partial charge in [0.2, 0.25) is 5.91 Å². The highest BCUT2D eigenvalue weighted by atomic mass is 32.2. The highest BCUT2D eigenvalue weighted by Gasteiger charge is 2.42. The van der Waals surface area contributed by atoms with Gasteiger partial charge in [-0.1, -0.05) is 43.2 Å². The van der Waals surface area contributed by atoms with Crippen molar-refractivity contribution in [2.45, 2.75) is 38.0 Å². The SMILES string of the molecule is CCCC1(O)CN(C(=O)CSCc2ccc(C)cc2)C1. The monoisotopic (exact) mass is 293 g/mol. The molecule has 1 aromatic rings. The van der Waals surface area contributed by atoms with Crippen LogP contribution in [0.3, 0.4) is 0 Å². The first-order valence-electron chi connectivity index (χ1n) is 7.16. The van der Waals surface area contributed by atoms with Gasteiger partial charge in [-0.25, -0.2) is 0 Å². The van der Waals surface area contributed by atoms with E-state index < -0.39 is 5.60 Å². The minimum atomic E-state index is -0.619. The van der Waals surface area contributed by atoms with Crippen LogP contribution in [-0.4, -0.2) is 40.4 Å². The zero-order valence-corrected chi connectivity index (χ0v) is 13.1. The molecule has 1 aliphatic heterocycles. The summed E-state index contributed by atoms with van der Waals surface area (Å²) in [5, 5.41) is 10.1. The standard InChI is InChI=1S/C16H23NO2S/c1-3-8-16(19)11-17(12-16)15(18)10-20-9-14-6-4-13(2)5-7-14/h4-7,19H,3,8-12H2,1-2H3. The number of carbonyl (C=O) groups is 1. The van der Waals surface area contributed by atoms with Crippen molar-refractivity contribution in [3.8, 4) is 0 Å². The molecule has 0 spiro atoms. The Labute approximate surface area is 125 Å². The Hall–Kier alpha value is -1.00. The van der Waals surface area contributed by atoms with Gasteiger partial charge in [0, 0.05) is 5.75 Å². The summed E-state index contributed by atoms with van der Waals surface area (Å²) in [5.74, 6) is 1.50. The fourth-order valence-corrected chi connectivity index (χ4v) is 3.38. The number of rotatable bonds is 6. The summed E-state index contributed by atoms with van der Waals surface area (Å²) in [6.07, 6.45) is 1.74. The van der Waals surface area contributed by atoms with E-state index in [0.717, 1.165) is 18.6 Å². The average Bonchev–Trinajstić information content (AvgIpc) is 2.38. The van der Waals surface area contributed by atoms with E-state index >= 15 is 0 Å². The van der Waals surface area contributed by atoms with E-state index in [0.29, 0.717) is 18.8 Å². The third-order valence-corrected chi connectivity index (χ3v) is 4.64. The number of amides is 1. The largest absolute Gasteiger partial charge is 0.386 e.